The molecule has 6 heteroatoms. The van der Waals surface area contributed by atoms with Crippen molar-refractivity contribution in [3.63, 3.8) is 0 Å². The van der Waals surface area contributed by atoms with E-state index in [1.54, 1.807) is 0 Å². The summed E-state index contributed by atoms with van der Waals surface area (Å²) in [5.41, 5.74) is 2.17. The second kappa shape index (κ2) is 9.08. The average molecular weight is 396 g/mol. The topological polar surface area (TPSA) is 37.0 Å². The molecular formula is C22H25N3O2S. The van der Waals surface area contributed by atoms with E-state index in [9.17, 15) is 0 Å². The summed E-state index contributed by atoms with van der Waals surface area (Å²) < 4.78 is 11.2. The second-order valence-electron chi connectivity index (χ2n) is 6.89. The molecule has 2 heterocycles. The van der Waals surface area contributed by atoms with Crippen LogP contribution in [0.3, 0.4) is 0 Å². The number of benzene rings is 2. The van der Waals surface area contributed by atoms with Crippen LogP contribution in [0.25, 0.3) is 6.08 Å². The Kier molecular flexibility index (Phi) is 6.09. The molecule has 1 fully saturated rings. The van der Waals surface area contributed by atoms with Crippen LogP contribution >= 0.6 is 12.2 Å². The van der Waals surface area contributed by atoms with E-state index in [4.69, 9.17) is 21.7 Å². The molecule has 0 unspecified atom stereocenters. The first-order valence-corrected chi connectivity index (χ1v) is 10.1. The van der Waals surface area contributed by atoms with Gasteiger partial charge in [0.15, 0.2) is 16.6 Å². The van der Waals surface area contributed by atoms with Gasteiger partial charge in [-0.25, -0.2) is 0 Å². The SMILES string of the molecule is S=C(Nc1ccc2c(c1)OCCO2)N1CCN(C/C=C/c2ccccc2)CC1. The minimum atomic E-state index is 0.585. The van der Waals surface area contributed by atoms with Gasteiger partial charge in [0.1, 0.15) is 13.2 Å². The second-order valence-corrected chi connectivity index (χ2v) is 7.28. The van der Waals surface area contributed by atoms with Gasteiger partial charge >= 0.3 is 0 Å². The highest BCUT2D eigenvalue weighted by atomic mass is 32.1. The highest BCUT2D eigenvalue weighted by Gasteiger charge is 2.19. The Hall–Kier alpha value is -2.57. The van der Waals surface area contributed by atoms with Crippen molar-refractivity contribution in [3.05, 3.63) is 60.2 Å². The number of nitrogens with one attached hydrogen (secondary N) is 1. The van der Waals surface area contributed by atoms with E-state index < -0.39 is 0 Å². The zero-order valence-corrected chi connectivity index (χ0v) is 16.7. The third-order valence-corrected chi connectivity index (χ3v) is 5.29. The number of anilines is 1. The van der Waals surface area contributed by atoms with Crippen molar-refractivity contribution >= 4 is 29.1 Å². The average Bonchev–Trinajstić information content (AvgIpc) is 2.75. The first kappa shape index (κ1) is 18.8. The minimum Gasteiger partial charge on any atom is -0.486 e. The van der Waals surface area contributed by atoms with E-state index in [2.05, 4.69) is 51.5 Å². The van der Waals surface area contributed by atoms with Crippen molar-refractivity contribution in [1.29, 1.82) is 0 Å². The van der Waals surface area contributed by atoms with Crippen molar-refractivity contribution in [1.82, 2.24) is 9.80 Å². The molecule has 0 amide bonds. The largest absolute Gasteiger partial charge is 0.486 e. The quantitative estimate of drug-likeness (QED) is 0.799. The zero-order chi connectivity index (χ0) is 19.2. The third-order valence-electron chi connectivity index (χ3n) is 4.93. The lowest BCUT2D eigenvalue weighted by molar-refractivity contribution is 0.171. The molecule has 5 nitrogen and oxygen atoms in total. The van der Waals surface area contributed by atoms with Gasteiger partial charge in [0.05, 0.1) is 0 Å². The fourth-order valence-corrected chi connectivity index (χ4v) is 3.66. The lowest BCUT2D eigenvalue weighted by atomic mass is 10.2. The summed E-state index contributed by atoms with van der Waals surface area (Å²) in [5, 5.41) is 4.09. The molecule has 2 aliphatic rings. The van der Waals surface area contributed by atoms with Crippen LogP contribution in [-0.2, 0) is 0 Å². The maximum atomic E-state index is 5.64. The van der Waals surface area contributed by atoms with Gasteiger partial charge in [0.25, 0.3) is 0 Å². The number of rotatable bonds is 4. The number of hydrogen-bond acceptors (Lipinski definition) is 4. The number of fused-ring (bicyclic) bond motifs is 1. The van der Waals surface area contributed by atoms with E-state index >= 15 is 0 Å². The van der Waals surface area contributed by atoms with Gasteiger partial charge in [0.2, 0.25) is 0 Å². The molecule has 4 rings (SSSR count). The molecule has 1 saturated heterocycles. The van der Waals surface area contributed by atoms with Crippen molar-refractivity contribution in [3.8, 4) is 11.5 Å². The lowest BCUT2D eigenvalue weighted by Crippen LogP contribution is -2.49. The zero-order valence-electron chi connectivity index (χ0n) is 15.8. The lowest BCUT2D eigenvalue weighted by Gasteiger charge is -2.35. The highest BCUT2D eigenvalue weighted by Crippen LogP contribution is 2.32. The Labute approximate surface area is 171 Å². The molecular weight excluding hydrogens is 370 g/mol. The van der Waals surface area contributed by atoms with E-state index in [0.29, 0.717) is 13.2 Å². The van der Waals surface area contributed by atoms with Crippen molar-refractivity contribution < 1.29 is 9.47 Å². The Balaban J connectivity index is 1.24. The number of ether oxygens (including phenoxy) is 2. The highest BCUT2D eigenvalue weighted by molar-refractivity contribution is 7.80. The Morgan fingerprint density at radius 2 is 1.71 bits per heavy atom. The number of piperazine rings is 1. The van der Waals surface area contributed by atoms with E-state index in [1.165, 1.54) is 5.56 Å². The van der Waals surface area contributed by atoms with Crippen LogP contribution in [0, 0.1) is 0 Å². The summed E-state index contributed by atoms with van der Waals surface area (Å²) in [6.45, 7) is 6.00. The first-order valence-electron chi connectivity index (χ1n) is 9.67. The third kappa shape index (κ3) is 4.82. The van der Waals surface area contributed by atoms with E-state index in [0.717, 1.165) is 55.0 Å². The van der Waals surface area contributed by atoms with Gasteiger partial charge < -0.3 is 19.7 Å². The summed E-state index contributed by atoms with van der Waals surface area (Å²) in [6.07, 6.45) is 4.41. The predicted molar refractivity (Wildman–Crippen MR) is 117 cm³/mol. The molecule has 0 spiro atoms. The molecule has 0 saturated carbocycles. The molecule has 2 aliphatic heterocycles. The monoisotopic (exact) mass is 395 g/mol. The number of hydrogen-bond donors (Lipinski definition) is 1. The minimum absolute atomic E-state index is 0.585. The fourth-order valence-electron chi connectivity index (χ4n) is 3.36. The van der Waals surface area contributed by atoms with Crippen LogP contribution < -0.4 is 14.8 Å². The predicted octanol–water partition coefficient (Wildman–Crippen LogP) is 3.49. The van der Waals surface area contributed by atoms with Crippen LogP contribution in [-0.4, -0.2) is 60.8 Å². The van der Waals surface area contributed by atoms with Gasteiger partial charge in [-0.15, -0.1) is 0 Å². The molecule has 0 atom stereocenters. The Morgan fingerprint density at radius 3 is 2.50 bits per heavy atom. The van der Waals surface area contributed by atoms with Gasteiger partial charge in [-0.3, -0.25) is 4.90 Å². The summed E-state index contributed by atoms with van der Waals surface area (Å²) in [6, 6.07) is 16.3. The van der Waals surface area contributed by atoms with Gasteiger partial charge in [-0.05, 0) is 29.9 Å². The number of nitrogens with zero attached hydrogens (tertiary/aromatic N) is 2. The maximum Gasteiger partial charge on any atom is 0.173 e. The standard InChI is InChI=1S/C22H25N3O2S/c28-22(23-19-8-9-20-21(17-19)27-16-15-26-20)25-13-11-24(12-14-25)10-4-7-18-5-2-1-3-6-18/h1-9,17H,10-16H2,(H,23,28)/b7-4+. The fraction of sp³-hybridized carbons (Fsp3) is 0.318. The van der Waals surface area contributed by atoms with E-state index in [-0.39, 0.29) is 0 Å². The first-order chi connectivity index (χ1) is 13.8. The molecule has 0 aromatic heterocycles. The molecule has 0 aliphatic carbocycles. The van der Waals surface area contributed by atoms with Crippen LogP contribution in [0.5, 0.6) is 11.5 Å². The molecule has 28 heavy (non-hydrogen) atoms. The summed E-state index contributed by atoms with van der Waals surface area (Å²) >= 11 is 5.61. The molecule has 0 bridgehead atoms. The number of thiocarbonyl (C=S) groups is 1. The molecule has 2 aromatic rings. The summed E-state index contributed by atoms with van der Waals surface area (Å²) in [4.78, 5) is 4.67. The smallest absolute Gasteiger partial charge is 0.173 e. The Morgan fingerprint density at radius 1 is 0.964 bits per heavy atom. The van der Waals surface area contributed by atoms with Gasteiger partial charge in [-0.2, -0.15) is 0 Å². The summed E-state index contributed by atoms with van der Waals surface area (Å²) in [5.74, 6) is 1.56. The van der Waals surface area contributed by atoms with Crippen LogP contribution in [0.2, 0.25) is 0 Å². The summed E-state index contributed by atoms with van der Waals surface area (Å²) in [7, 11) is 0. The normalized spacial score (nSPS) is 16.9. The van der Waals surface area contributed by atoms with Crippen LogP contribution in [0.4, 0.5) is 5.69 Å². The Bertz CT molecular complexity index is 833. The maximum absolute atomic E-state index is 5.64. The van der Waals surface area contributed by atoms with Crippen LogP contribution in [0.1, 0.15) is 5.56 Å². The van der Waals surface area contributed by atoms with Crippen molar-refractivity contribution in [2.24, 2.45) is 0 Å². The van der Waals surface area contributed by atoms with Gasteiger partial charge in [0, 0.05) is 44.5 Å². The molecule has 0 radical (unpaired) electrons. The van der Waals surface area contributed by atoms with Crippen LogP contribution in [0.15, 0.2) is 54.6 Å². The van der Waals surface area contributed by atoms with Crippen molar-refractivity contribution in [2.75, 3.05) is 51.3 Å². The molecule has 2 aromatic carbocycles. The molecule has 146 valence electrons. The van der Waals surface area contributed by atoms with E-state index in [1.807, 2.05) is 24.3 Å². The van der Waals surface area contributed by atoms with Gasteiger partial charge in [-0.1, -0.05) is 42.5 Å². The van der Waals surface area contributed by atoms with Crippen molar-refractivity contribution in [2.45, 2.75) is 0 Å². The molecule has 1 N–H and O–H groups in total.